The topological polar surface area (TPSA) is 49.4 Å². The van der Waals surface area contributed by atoms with Crippen LogP contribution in [0, 0.1) is 35.4 Å². The minimum absolute atomic E-state index is 0.0583. The lowest BCUT2D eigenvalue weighted by Gasteiger charge is -2.54. The summed E-state index contributed by atoms with van der Waals surface area (Å²) in [6, 6.07) is 6.70. The van der Waals surface area contributed by atoms with Crippen molar-refractivity contribution in [2.24, 2.45) is 29.6 Å². The number of carbonyl (C=O) groups excluding carboxylic acids is 2. The molecule has 1 atom stereocenters. The molecule has 0 spiro atoms. The monoisotopic (exact) mass is 384 g/mol. The van der Waals surface area contributed by atoms with Crippen LogP contribution in [0.4, 0.5) is 4.39 Å². The molecule has 1 saturated heterocycles. The highest BCUT2D eigenvalue weighted by Gasteiger charge is 2.49. The van der Waals surface area contributed by atoms with Gasteiger partial charge in [0.25, 0.3) is 0 Å². The van der Waals surface area contributed by atoms with Gasteiger partial charge in [0.05, 0.1) is 5.92 Å². The molecule has 28 heavy (non-hydrogen) atoms. The Kier molecular flexibility index (Phi) is 4.64. The Labute approximate surface area is 165 Å². The molecular weight excluding hydrogens is 355 g/mol. The summed E-state index contributed by atoms with van der Waals surface area (Å²) in [4.78, 5) is 27.1. The van der Waals surface area contributed by atoms with Gasteiger partial charge in [-0.2, -0.15) is 0 Å². The molecule has 5 heteroatoms. The van der Waals surface area contributed by atoms with Gasteiger partial charge in [-0.3, -0.25) is 9.59 Å². The predicted octanol–water partition coefficient (Wildman–Crippen LogP) is 3.51. The Morgan fingerprint density at radius 1 is 1.11 bits per heavy atom. The average Bonchev–Trinajstić information content (AvgIpc) is 2.66. The molecule has 0 aromatic heterocycles. The van der Waals surface area contributed by atoms with Crippen LogP contribution >= 0.6 is 0 Å². The van der Waals surface area contributed by atoms with Gasteiger partial charge in [0.1, 0.15) is 5.82 Å². The first-order valence-electron chi connectivity index (χ1n) is 10.9. The first-order chi connectivity index (χ1) is 13.5. The second-order valence-corrected chi connectivity index (χ2v) is 9.60. The van der Waals surface area contributed by atoms with Gasteiger partial charge < -0.3 is 10.2 Å². The second-order valence-electron chi connectivity index (χ2n) is 9.60. The number of hydrogen-bond acceptors (Lipinski definition) is 2. The Morgan fingerprint density at radius 3 is 2.50 bits per heavy atom. The van der Waals surface area contributed by atoms with Crippen molar-refractivity contribution in [2.45, 2.75) is 57.5 Å². The lowest BCUT2D eigenvalue weighted by atomic mass is 9.54. The van der Waals surface area contributed by atoms with Gasteiger partial charge in [0.2, 0.25) is 11.8 Å². The van der Waals surface area contributed by atoms with E-state index in [0.717, 1.165) is 17.4 Å². The van der Waals surface area contributed by atoms with E-state index < -0.39 is 0 Å². The number of carbonyl (C=O) groups is 2. The van der Waals surface area contributed by atoms with E-state index in [1.54, 1.807) is 11.0 Å². The number of halogens is 1. The van der Waals surface area contributed by atoms with E-state index in [1.165, 1.54) is 44.2 Å². The molecule has 1 heterocycles. The maximum absolute atomic E-state index is 13.5. The molecule has 5 fully saturated rings. The summed E-state index contributed by atoms with van der Waals surface area (Å²) in [5.41, 5.74) is 0.774. The fourth-order valence-electron chi connectivity index (χ4n) is 6.58. The van der Waals surface area contributed by atoms with E-state index in [4.69, 9.17) is 0 Å². The summed E-state index contributed by atoms with van der Waals surface area (Å²) in [5, 5.41) is 3.40. The number of nitrogens with one attached hydrogen (secondary N) is 1. The van der Waals surface area contributed by atoms with Crippen LogP contribution < -0.4 is 5.32 Å². The fraction of sp³-hybridized carbons (Fsp3) is 0.652. The van der Waals surface area contributed by atoms with E-state index in [0.29, 0.717) is 43.8 Å². The molecule has 4 saturated carbocycles. The number of benzene rings is 1. The van der Waals surface area contributed by atoms with Crippen molar-refractivity contribution in [3.05, 3.63) is 35.6 Å². The second kappa shape index (κ2) is 7.16. The van der Waals surface area contributed by atoms with Crippen LogP contribution in [0.5, 0.6) is 0 Å². The molecule has 1 aromatic carbocycles. The summed E-state index contributed by atoms with van der Waals surface area (Å²) in [7, 11) is 0. The van der Waals surface area contributed by atoms with Crippen LogP contribution in [0.2, 0.25) is 0 Å². The Hall–Kier alpha value is -1.91. The van der Waals surface area contributed by atoms with Crippen molar-refractivity contribution in [3.8, 4) is 0 Å². The summed E-state index contributed by atoms with van der Waals surface area (Å²) in [5.74, 6) is 2.84. The third-order valence-corrected chi connectivity index (χ3v) is 7.67. The van der Waals surface area contributed by atoms with Crippen LogP contribution in [0.15, 0.2) is 24.3 Å². The first-order valence-corrected chi connectivity index (χ1v) is 10.9. The molecule has 5 aliphatic rings. The zero-order valence-electron chi connectivity index (χ0n) is 16.3. The van der Waals surface area contributed by atoms with Crippen molar-refractivity contribution < 1.29 is 14.0 Å². The van der Waals surface area contributed by atoms with Crippen LogP contribution in [0.1, 0.15) is 50.5 Å². The summed E-state index contributed by atoms with van der Waals surface area (Å²) in [6.45, 7) is 0.812. The standard InChI is InChI=1S/C23H29FN2O2/c24-20-3-1-2-14(11-20)12-26-13-17(4-5-21(26)27)23(28)25-22-18-7-15-6-16(9-18)10-19(22)8-15/h1-3,11,15-19,22H,4-10,12-13H2,(H,25,28). The fourth-order valence-corrected chi connectivity index (χ4v) is 6.58. The van der Waals surface area contributed by atoms with Gasteiger partial charge in [0.15, 0.2) is 0 Å². The van der Waals surface area contributed by atoms with Crippen LogP contribution in [-0.4, -0.2) is 29.3 Å². The number of amides is 2. The molecular formula is C23H29FN2O2. The third kappa shape index (κ3) is 3.44. The first kappa shape index (κ1) is 18.1. The van der Waals surface area contributed by atoms with E-state index in [9.17, 15) is 14.0 Å². The van der Waals surface area contributed by atoms with Crippen LogP contribution in [0.3, 0.4) is 0 Å². The molecule has 150 valence electrons. The lowest BCUT2D eigenvalue weighted by Crippen LogP contribution is -2.57. The van der Waals surface area contributed by atoms with E-state index in [-0.39, 0.29) is 23.5 Å². The molecule has 2 amide bonds. The van der Waals surface area contributed by atoms with E-state index in [2.05, 4.69) is 5.32 Å². The van der Waals surface area contributed by atoms with Crippen molar-refractivity contribution in [2.75, 3.05) is 6.54 Å². The van der Waals surface area contributed by atoms with Crippen molar-refractivity contribution in [1.29, 1.82) is 0 Å². The summed E-state index contributed by atoms with van der Waals surface area (Å²) < 4.78 is 13.5. The van der Waals surface area contributed by atoms with E-state index in [1.807, 2.05) is 6.07 Å². The predicted molar refractivity (Wildman–Crippen MR) is 104 cm³/mol. The highest BCUT2D eigenvalue weighted by atomic mass is 19.1. The van der Waals surface area contributed by atoms with Crippen molar-refractivity contribution >= 4 is 11.8 Å². The summed E-state index contributed by atoms with van der Waals surface area (Å²) >= 11 is 0. The molecule has 1 aliphatic heterocycles. The normalized spacial score (nSPS) is 36.6. The minimum atomic E-state index is -0.293. The Balaban J connectivity index is 1.22. The smallest absolute Gasteiger partial charge is 0.225 e. The largest absolute Gasteiger partial charge is 0.353 e. The van der Waals surface area contributed by atoms with E-state index >= 15 is 0 Å². The zero-order chi connectivity index (χ0) is 19.3. The number of nitrogens with zero attached hydrogens (tertiary/aromatic N) is 1. The van der Waals surface area contributed by atoms with Crippen LogP contribution in [0.25, 0.3) is 0 Å². The zero-order valence-corrected chi connectivity index (χ0v) is 16.3. The molecule has 1 N–H and O–H groups in total. The minimum Gasteiger partial charge on any atom is -0.353 e. The molecule has 4 aliphatic carbocycles. The number of piperidine rings is 1. The van der Waals surface area contributed by atoms with Gasteiger partial charge in [-0.25, -0.2) is 4.39 Å². The van der Waals surface area contributed by atoms with Crippen molar-refractivity contribution in [1.82, 2.24) is 10.2 Å². The molecule has 1 aromatic rings. The average molecular weight is 384 g/mol. The number of likely N-dealkylation sites (tertiary alicyclic amines) is 1. The highest BCUT2D eigenvalue weighted by Crippen LogP contribution is 2.53. The quantitative estimate of drug-likeness (QED) is 0.864. The van der Waals surface area contributed by atoms with Gasteiger partial charge in [0, 0.05) is 25.6 Å². The molecule has 6 rings (SSSR count). The van der Waals surface area contributed by atoms with Crippen LogP contribution in [-0.2, 0) is 16.1 Å². The van der Waals surface area contributed by atoms with Gasteiger partial charge in [-0.15, -0.1) is 0 Å². The summed E-state index contributed by atoms with van der Waals surface area (Å²) in [6.07, 6.45) is 7.57. The highest BCUT2D eigenvalue weighted by molar-refractivity contribution is 5.84. The number of rotatable bonds is 4. The van der Waals surface area contributed by atoms with Gasteiger partial charge in [-0.05, 0) is 79.9 Å². The maximum atomic E-state index is 13.5. The van der Waals surface area contributed by atoms with Crippen molar-refractivity contribution in [3.63, 3.8) is 0 Å². The Morgan fingerprint density at radius 2 is 1.82 bits per heavy atom. The molecule has 1 unspecified atom stereocenters. The SMILES string of the molecule is O=C(NC1C2CC3CC(C2)CC1C3)C1CCC(=O)N(Cc2cccc(F)c2)C1. The van der Waals surface area contributed by atoms with Gasteiger partial charge in [-0.1, -0.05) is 12.1 Å². The molecule has 0 radical (unpaired) electrons. The Bertz CT molecular complexity index is 752. The third-order valence-electron chi connectivity index (χ3n) is 7.67. The number of hydrogen-bond donors (Lipinski definition) is 1. The lowest BCUT2D eigenvalue weighted by molar-refractivity contribution is -0.140. The van der Waals surface area contributed by atoms with Gasteiger partial charge >= 0.3 is 0 Å². The molecule has 4 bridgehead atoms. The maximum Gasteiger partial charge on any atom is 0.225 e. The molecule has 4 nitrogen and oxygen atoms in total.